The topological polar surface area (TPSA) is 54.3 Å². The molecule has 0 amide bonds. The van der Waals surface area contributed by atoms with E-state index in [9.17, 15) is 5.11 Å². The Kier molecular flexibility index (Phi) is 8.54. The fraction of sp³-hybridized carbons (Fsp3) is 0.435. The number of aliphatic hydroxyl groups excluding tert-OH is 1. The van der Waals surface area contributed by atoms with Crippen LogP contribution in [0.2, 0.25) is 10.0 Å². The summed E-state index contributed by atoms with van der Waals surface area (Å²) in [4.78, 5) is 7.88. The molecule has 1 aliphatic rings. The summed E-state index contributed by atoms with van der Waals surface area (Å²) in [6, 6.07) is 15.7. The molecule has 162 valence electrons. The number of rotatable bonds is 10. The van der Waals surface area contributed by atoms with Gasteiger partial charge < -0.3 is 14.7 Å². The van der Waals surface area contributed by atoms with Gasteiger partial charge in [0.15, 0.2) is 0 Å². The first-order chi connectivity index (χ1) is 14.4. The second-order valence-corrected chi connectivity index (χ2v) is 8.63. The molecule has 0 fully saturated rings. The molecule has 0 saturated carbocycles. The van der Waals surface area contributed by atoms with Gasteiger partial charge in [-0.05, 0) is 31.5 Å². The van der Waals surface area contributed by atoms with Crippen LogP contribution in [-0.2, 0) is 16.1 Å². The molecular formula is C23H28Cl2N2O3. The van der Waals surface area contributed by atoms with Crippen molar-refractivity contribution in [2.24, 2.45) is 5.16 Å². The molecule has 2 aromatic rings. The lowest BCUT2D eigenvalue weighted by atomic mass is 10.0. The minimum atomic E-state index is -0.576. The van der Waals surface area contributed by atoms with Gasteiger partial charge in [0.2, 0.25) is 0 Å². The molecule has 30 heavy (non-hydrogen) atoms. The van der Waals surface area contributed by atoms with Gasteiger partial charge in [-0.15, -0.1) is 0 Å². The zero-order valence-electron chi connectivity index (χ0n) is 17.3. The van der Waals surface area contributed by atoms with E-state index in [1.165, 1.54) is 5.56 Å². The number of aliphatic hydroxyl groups is 1. The van der Waals surface area contributed by atoms with E-state index < -0.39 is 6.10 Å². The number of benzene rings is 2. The van der Waals surface area contributed by atoms with E-state index >= 15 is 0 Å². The molecule has 1 aliphatic heterocycles. The van der Waals surface area contributed by atoms with Crippen LogP contribution in [0.1, 0.15) is 31.4 Å². The van der Waals surface area contributed by atoms with Crippen LogP contribution < -0.4 is 0 Å². The molecule has 2 atom stereocenters. The Hall–Kier alpha value is -1.63. The standard InChI is InChI=1S/C23H28Cl2N2O3/c1-16(2)29-15-19(28)13-27(12-17-6-4-3-5-7-17)14-20-11-23(26-30-20)18-8-9-21(24)22(25)10-18/h3-10,16,19-20,28H,11-15H2,1-2H3. The number of hydrogen-bond acceptors (Lipinski definition) is 5. The Bertz CT molecular complexity index is 846. The minimum Gasteiger partial charge on any atom is -0.390 e. The Balaban J connectivity index is 1.61. The first kappa shape index (κ1) is 23.0. The molecule has 0 saturated heterocycles. The smallest absolute Gasteiger partial charge is 0.145 e. The van der Waals surface area contributed by atoms with Crippen LogP contribution in [0.5, 0.6) is 0 Å². The first-order valence-corrected chi connectivity index (χ1v) is 10.9. The highest BCUT2D eigenvalue weighted by Gasteiger charge is 2.26. The van der Waals surface area contributed by atoms with Gasteiger partial charge in [0, 0.05) is 31.6 Å². The highest BCUT2D eigenvalue weighted by Crippen LogP contribution is 2.26. The normalized spacial score (nSPS) is 17.3. The fourth-order valence-corrected chi connectivity index (χ4v) is 3.66. The van der Waals surface area contributed by atoms with Crippen molar-refractivity contribution in [2.45, 2.75) is 45.1 Å². The largest absolute Gasteiger partial charge is 0.390 e. The fourth-order valence-electron chi connectivity index (χ4n) is 3.36. The molecule has 0 bridgehead atoms. The maximum Gasteiger partial charge on any atom is 0.145 e. The number of nitrogens with zero attached hydrogens (tertiary/aromatic N) is 2. The van der Waals surface area contributed by atoms with Crippen molar-refractivity contribution in [3.63, 3.8) is 0 Å². The van der Waals surface area contributed by atoms with Gasteiger partial charge in [-0.1, -0.05) is 64.8 Å². The van der Waals surface area contributed by atoms with Gasteiger partial charge in [-0.3, -0.25) is 4.90 Å². The zero-order valence-corrected chi connectivity index (χ0v) is 18.8. The highest BCUT2D eigenvalue weighted by molar-refractivity contribution is 6.42. The lowest BCUT2D eigenvalue weighted by molar-refractivity contribution is -0.0194. The summed E-state index contributed by atoms with van der Waals surface area (Å²) in [6.45, 7) is 6.07. The molecule has 2 unspecified atom stereocenters. The van der Waals surface area contributed by atoms with E-state index in [2.05, 4.69) is 22.2 Å². The molecule has 0 aliphatic carbocycles. The van der Waals surface area contributed by atoms with Crippen molar-refractivity contribution in [3.05, 3.63) is 69.7 Å². The van der Waals surface area contributed by atoms with Gasteiger partial charge in [-0.25, -0.2) is 0 Å². The van der Waals surface area contributed by atoms with Crippen molar-refractivity contribution in [2.75, 3.05) is 19.7 Å². The Morgan fingerprint density at radius 1 is 1.17 bits per heavy atom. The molecule has 0 spiro atoms. The average molecular weight is 451 g/mol. The number of ether oxygens (including phenoxy) is 1. The van der Waals surface area contributed by atoms with E-state index in [1.807, 2.05) is 44.2 Å². The second-order valence-electron chi connectivity index (χ2n) is 7.81. The van der Waals surface area contributed by atoms with Crippen LogP contribution >= 0.6 is 23.2 Å². The molecule has 1 heterocycles. The van der Waals surface area contributed by atoms with Gasteiger partial charge in [-0.2, -0.15) is 0 Å². The van der Waals surface area contributed by atoms with Crippen molar-refractivity contribution < 1.29 is 14.7 Å². The van der Waals surface area contributed by atoms with Crippen LogP contribution in [0.25, 0.3) is 0 Å². The lowest BCUT2D eigenvalue weighted by Crippen LogP contribution is -2.39. The van der Waals surface area contributed by atoms with E-state index in [-0.39, 0.29) is 12.2 Å². The van der Waals surface area contributed by atoms with E-state index in [1.54, 1.807) is 6.07 Å². The monoisotopic (exact) mass is 450 g/mol. The predicted molar refractivity (Wildman–Crippen MR) is 121 cm³/mol. The van der Waals surface area contributed by atoms with Gasteiger partial charge in [0.25, 0.3) is 0 Å². The summed E-state index contributed by atoms with van der Waals surface area (Å²) in [5.74, 6) is 0. The predicted octanol–water partition coefficient (Wildman–Crippen LogP) is 4.77. The maximum atomic E-state index is 10.4. The number of oxime groups is 1. The van der Waals surface area contributed by atoms with E-state index in [0.29, 0.717) is 42.7 Å². The van der Waals surface area contributed by atoms with Gasteiger partial charge >= 0.3 is 0 Å². The molecule has 3 rings (SSSR count). The third-order valence-electron chi connectivity index (χ3n) is 4.79. The lowest BCUT2D eigenvalue weighted by Gasteiger charge is -2.27. The molecule has 5 nitrogen and oxygen atoms in total. The quantitative estimate of drug-likeness (QED) is 0.565. The van der Waals surface area contributed by atoms with Crippen molar-refractivity contribution >= 4 is 28.9 Å². The van der Waals surface area contributed by atoms with Crippen LogP contribution in [0, 0.1) is 0 Å². The Morgan fingerprint density at radius 3 is 2.63 bits per heavy atom. The molecule has 0 aromatic heterocycles. The van der Waals surface area contributed by atoms with Crippen molar-refractivity contribution in [1.82, 2.24) is 4.90 Å². The summed E-state index contributed by atoms with van der Waals surface area (Å²) < 4.78 is 5.57. The highest BCUT2D eigenvalue weighted by atomic mass is 35.5. The second kappa shape index (κ2) is 11.1. The van der Waals surface area contributed by atoms with Crippen molar-refractivity contribution in [3.8, 4) is 0 Å². The van der Waals surface area contributed by atoms with Crippen LogP contribution in [-0.4, -0.2) is 53.7 Å². The molecular weight excluding hydrogens is 423 g/mol. The van der Waals surface area contributed by atoms with E-state index in [0.717, 1.165) is 11.3 Å². The molecule has 1 N–H and O–H groups in total. The van der Waals surface area contributed by atoms with Crippen molar-refractivity contribution in [1.29, 1.82) is 0 Å². The Labute approximate surface area is 188 Å². The van der Waals surface area contributed by atoms with Gasteiger partial charge in [0.05, 0.1) is 34.6 Å². The third kappa shape index (κ3) is 6.96. The summed E-state index contributed by atoms with van der Waals surface area (Å²) in [5, 5.41) is 15.7. The SMILES string of the molecule is CC(C)OCC(O)CN(Cc1ccccc1)CC1CC(c2ccc(Cl)c(Cl)c2)=NO1. The number of halogens is 2. The average Bonchev–Trinajstić information content (AvgIpc) is 3.17. The van der Waals surface area contributed by atoms with Crippen LogP contribution in [0.4, 0.5) is 0 Å². The summed E-state index contributed by atoms with van der Waals surface area (Å²) in [5.41, 5.74) is 2.94. The summed E-state index contributed by atoms with van der Waals surface area (Å²) >= 11 is 12.1. The maximum absolute atomic E-state index is 10.4. The number of hydrogen-bond donors (Lipinski definition) is 1. The summed E-state index contributed by atoms with van der Waals surface area (Å²) in [6.07, 6.45) is 0.0777. The molecule has 0 radical (unpaired) electrons. The Morgan fingerprint density at radius 2 is 1.93 bits per heavy atom. The first-order valence-electron chi connectivity index (χ1n) is 10.1. The molecule has 7 heteroatoms. The van der Waals surface area contributed by atoms with E-state index in [4.69, 9.17) is 32.8 Å². The minimum absolute atomic E-state index is 0.0857. The van der Waals surface area contributed by atoms with Crippen LogP contribution in [0.15, 0.2) is 53.7 Å². The third-order valence-corrected chi connectivity index (χ3v) is 5.53. The zero-order chi connectivity index (χ0) is 21.5. The van der Waals surface area contributed by atoms with Crippen LogP contribution in [0.3, 0.4) is 0 Å². The summed E-state index contributed by atoms with van der Waals surface area (Å²) in [7, 11) is 0. The molecule has 2 aromatic carbocycles. The van der Waals surface area contributed by atoms with Gasteiger partial charge in [0.1, 0.15) is 6.10 Å².